The number of hydrogen-bond acceptors (Lipinski definition) is 3. The van der Waals surface area contributed by atoms with Gasteiger partial charge in [0.1, 0.15) is 5.69 Å². The van der Waals surface area contributed by atoms with Gasteiger partial charge in [-0.15, -0.1) is 5.10 Å². The molecule has 15 heavy (non-hydrogen) atoms. The number of aromatic nitrogens is 3. The molecule has 0 aromatic carbocycles. The van der Waals surface area contributed by atoms with Gasteiger partial charge in [0.05, 0.1) is 12.7 Å². The van der Waals surface area contributed by atoms with E-state index >= 15 is 0 Å². The molecule has 0 atom stereocenters. The zero-order chi connectivity index (χ0) is 11.3. The summed E-state index contributed by atoms with van der Waals surface area (Å²) in [6.07, 6.45) is 2.96. The predicted molar refractivity (Wildman–Crippen MR) is 57.0 cm³/mol. The van der Waals surface area contributed by atoms with Crippen LogP contribution in [0.2, 0.25) is 0 Å². The summed E-state index contributed by atoms with van der Waals surface area (Å²) in [5.74, 6) is 0.611. The van der Waals surface area contributed by atoms with Crippen molar-refractivity contribution in [2.75, 3.05) is 0 Å². The molecule has 0 aliphatic heterocycles. The van der Waals surface area contributed by atoms with Crippen LogP contribution in [0.15, 0.2) is 6.20 Å². The van der Waals surface area contributed by atoms with Gasteiger partial charge in [-0.3, -0.25) is 9.48 Å². The Morgan fingerprint density at radius 1 is 1.60 bits per heavy atom. The second kappa shape index (κ2) is 5.48. The lowest BCUT2D eigenvalue weighted by atomic mass is 10.1. The van der Waals surface area contributed by atoms with Gasteiger partial charge in [0.25, 0.3) is 0 Å². The molecule has 1 N–H and O–H groups in total. The van der Waals surface area contributed by atoms with Crippen LogP contribution < -0.4 is 5.32 Å². The average molecular weight is 210 g/mol. The quantitative estimate of drug-likeness (QED) is 0.787. The van der Waals surface area contributed by atoms with Crippen LogP contribution in [0.3, 0.4) is 0 Å². The van der Waals surface area contributed by atoms with Crippen LogP contribution in [0.5, 0.6) is 0 Å². The maximum absolute atomic E-state index is 10.7. The van der Waals surface area contributed by atoms with Gasteiger partial charge in [0.2, 0.25) is 5.91 Å². The maximum atomic E-state index is 10.7. The minimum Gasteiger partial charge on any atom is -0.351 e. The van der Waals surface area contributed by atoms with E-state index in [0.717, 1.165) is 18.7 Å². The highest BCUT2D eigenvalue weighted by atomic mass is 16.1. The highest BCUT2D eigenvalue weighted by Crippen LogP contribution is 2.02. The Kier molecular flexibility index (Phi) is 4.27. The Bertz CT molecular complexity index is 319. The first kappa shape index (κ1) is 11.7. The minimum atomic E-state index is -0.0493. The highest BCUT2D eigenvalue weighted by molar-refractivity contribution is 5.72. The molecule has 0 saturated heterocycles. The van der Waals surface area contributed by atoms with Crippen LogP contribution in [-0.4, -0.2) is 20.9 Å². The Morgan fingerprint density at radius 2 is 2.33 bits per heavy atom. The zero-order valence-electron chi connectivity index (χ0n) is 9.53. The number of aryl methyl sites for hydroxylation is 1. The number of carbonyl (C=O) groups excluding carboxylic acids is 1. The molecular weight excluding hydrogens is 192 g/mol. The van der Waals surface area contributed by atoms with Gasteiger partial charge in [0.15, 0.2) is 0 Å². The monoisotopic (exact) mass is 210 g/mol. The van der Waals surface area contributed by atoms with E-state index in [9.17, 15) is 4.79 Å². The van der Waals surface area contributed by atoms with Crippen molar-refractivity contribution in [1.29, 1.82) is 0 Å². The summed E-state index contributed by atoms with van der Waals surface area (Å²) < 4.78 is 1.82. The van der Waals surface area contributed by atoms with Crippen molar-refractivity contribution in [2.45, 2.75) is 40.3 Å². The molecule has 0 bridgehead atoms. The molecule has 0 aliphatic rings. The summed E-state index contributed by atoms with van der Waals surface area (Å²) in [6, 6.07) is 0. The molecule has 0 unspecified atom stereocenters. The highest BCUT2D eigenvalue weighted by Gasteiger charge is 2.02. The van der Waals surface area contributed by atoms with Gasteiger partial charge in [-0.1, -0.05) is 19.1 Å². The Morgan fingerprint density at radius 3 is 2.93 bits per heavy atom. The summed E-state index contributed by atoms with van der Waals surface area (Å²) in [5, 5.41) is 10.6. The molecule has 5 nitrogen and oxygen atoms in total. The molecule has 0 radical (unpaired) electrons. The lowest BCUT2D eigenvalue weighted by Gasteiger charge is -2.02. The molecule has 0 aliphatic carbocycles. The second-order valence-corrected chi connectivity index (χ2v) is 4.07. The van der Waals surface area contributed by atoms with E-state index in [-0.39, 0.29) is 5.91 Å². The normalized spacial score (nSPS) is 10.7. The van der Waals surface area contributed by atoms with E-state index in [4.69, 9.17) is 0 Å². The molecule has 5 heteroatoms. The van der Waals surface area contributed by atoms with Gasteiger partial charge in [-0.25, -0.2) is 0 Å². The predicted octanol–water partition coefficient (Wildman–Crippen LogP) is 0.960. The largest absolute Gasteiger partial charge is 0.351 e. The van der Waals surface area contributed by atoms with Crippen molar-refractivity contribution in [1.82, 2.24) is 20.3 Å². The molecule has 0 spiro atoms. The van der Waals surface area contributed by atoms with Crippen LogP contribution in [0.25, 0.3) is 0 Å². The van der Waals surface area contributed by atoms with Crippen LogP contribution >= 0.6 is 0 Å². The topological polar surface area (TPSA) is 59.8 Å². The summed E-state index contributed by atoms with van der Waals surface area (Å²) in [5.41, 5.74) is 0.800. The van der Waals surface area contributed by atoms with Crippen LogP contribution in [-0.2, 0) is 17.9 Å². The fourth-order valence-corrected chi connectivity index (χ4v) is 1.13. The zero-order valence-corrected chi connectivity index (χ0v) is 9.53. The number of amides is 1. The first-order valence-electron chi connectivity index (χ1n) is 5.21. The third-order valence-electron chi connectivity index (χ3n) is 2.04. The van der Waals surface area contributed by atoms with Crippen LogP contribution in [0.1, 0.15) is 32.9 Å². The van der Waals surface area contributed by atoms with E-state index in [1.165, 1.54) is 6.92 Å². The van der Waals surface area contributed by atoms with Crippen molar-refractivity contribution in [3.63, 3.8) is 0 Å². The molecular formula is C10H18N4O. The van der Waals surface area contributed by atoms with E-state index < -0.39 is 0 Å². The first-order valence-corrected chi connectivity index (χ1v) is 5.21. The molecule has 1 aromatic rings. The number of nitrogens with zero attached hydrogens (tertiary/aromatic N) is 3. The van der Waals surface area contributed by atoms with Crippen LogP contribution in [0, 0.1) is 5.92 Å². The fraction of sp³-hybridized carbons (Fsp3) is 0.700. The lowest BCUT2D eigenvalue weighted by molar-refractivity contribution is -0.119. The van der Waals surface area contributed by atoms with E-state index in [1.54, 1.807) is 0 Å². The first-order chi connectivity index (χ1) is 7.08. The SMILES string of the molecule is CC(=O)NCc1cn(CCC(C)C)nn1. The average Bonchev–Trinajstić information content (AvgIpc) is 2.59. The number of carbonyl (C=O) groups is 1. The third-order valence-corrected chi connectivity index (χ3v) is 2.04. The van der Waals surface area contributed by atoms with Gasteiger partial charge >= 0.3 is 0 Å². The van der Waals surface area contributed by atoms with E-state index in [0.29, 0.717) is 12.5 Å². The van der Waals surface area contributed by atoms with Crippen molar-refractivity contribution in [3.05, 3.63) is 11.9 Å². The smallest absolute Gasteiger partial charge is 0.217 e. The molecule has 1 rings (SSSR count). The Hall–Kier alpha value is -1.39. The van der Waals surface area contributed by atoms with Crippen molar-refractivity contribution in [3.8, 4) is 0 Å². The number of rotatable bonds is 5. The summed E-state index contributed by atoms with van der Waals surface area (Å²) in [7, 11) is 0. The summed E-state index contributed by atoms with van der Waals surface area (Å²) >= 11 is 0. The molecule has 0 saturated carbocycles. The maximum Gasteiger partial charge on any atom is 0.217 e. The molecule has 1 amide bonds. The fourth-order valence-electron chi connectivity index (χ4n) is 1.13. The standard InChI is InChI=1S/C10H18N4O/c1-8(2)4-5-14-7-10(12-13-14)6-11-9(3)15/h7-8H,4-6H2,1-3H3,(H,11,15). The second-order valence-electron chi connectivity index (χ2n) is 4.07. The van der Waals surface area contributed by atoms with Gasteiger partial charge in [0, 0.05) is 13.5 Å². The summed E-state index contributed by atoms with van der Waals surface area (Å²) in [4.78, 5) is 10.7. The Labute approximate surface area is 89.9 Å². The van der Waals surface area contributed by atoms with Gasteiger partial charge in [-0.05, 0) is 12.3 Å². The Balaban J connectivity index is 2.38. The van der Waals surface area contributed by atoms with Gasteiger partial charge in [-0.2, -0.15) is 0 Å². The van der Waals surface area contributed by atoms with Gasteiger partial charge < -0.3 is 5.32 Å². The van der Waals surface area contributed by atoms with Crippen molar-refractivity contribution >= 4 is 5.91 Å². The van der Waals surface area contributed by atoms with Crippen LogP contribution in [0.4, 0.5) is 0 Å². The number of nitrogens with one attached hydrogen (secondary N) is 1. The molecule has 1 heterocycles. The molecule has 0 fully saturated rings. The third kappa shape index (κ3) is 4.58. The van der Waals surface area contributed by atoms with E-state index in [2.05, 4.69) is 29.5 Å². The summed E-state index contributed by atoms with van der Waals surface area (Å²) in [6.45, 7) is 7.18. The van der Waals surface area contributed by atoms with E-state index in [1.807, 2.05) is 10.9 Å². The molecule has 1 aromatic heterocycles. The minimum absolute atomic E-state index is 0.0493. The molecule has 84 valence electrons. The lowest BCUT2D eigenvalue weighted by Crippen LogP contribution is -2.19. The van der Waals surface area contributed by atoms with Crippen molar-refractivity contribution in [2.24, 2.45) is 5.92 Å². The van der Waals surface area contributed by atoms with Crippen molar-refractivity contribution < 1.29 is 4.79 Å². The number of hydrogen-bond donors (Lipinski definition) is 1.